The van der Waals surface area contributed by atoms with E-state index in [2.05, 4.69) is 15.6 Å². The van der Waals surface area contributed by atoms with Gasteiger partial charge >= 0.3 is 12.0 Å². The van der Waals surface area contributed by atoms with Gasteiger partial charge in [0.05, 0.1) is 0 Å². The van der Waals surface area contributed by atoms with Crippen molar-refractivity contribution < 1.29 is 19.5 Å². The summed E-state index contributed by atoms with van der Waals surface area (Å²) in [6.45, 7) is 1.14. The number of amides is 3. The van der Waals surface area contributed by atoms with Crippen LogP contribution in [-0.4, -0.2) is 46.1 Å². The largest absolute Gasteiger partial charge is 0.478 e. The summed E-state index contributed by atoms with van der Waals surface area (Å²) in [7, 11) is 0. The molecule has 34 heavy (non-hydrogen) atoms. The minimum absolute atomic E-state index is 0.0583. The number of urea groups is 1. The number of aliphatic imine (C=N–C) groups is 1. The third kappa shape index (κ3) is 7.34. The van der Waals surface area contributed by atoms with Crippen molar-refractivity contribution in [1.82, 2.24) is 10.2 Å². The number of halogens is 2. The Morgan fingerprint density at radius 3 is 2.24 bits per heavy atom. The third-order valence-electron chi connectivity index (χ3n) is 4.78. The van der Waals surface area contributed by atoms with E-state index in [1.807, 2.05) is 0 Å². The molecule has 0 fully saturated rings. The molecule has 7 N–H and O–H groups in total. The van der Waals surface area contributed by atoms with Crippen LogP contribution in [0.3, 0.4) is 0 Å². The van der Waals surface area contributed by atoms with E-state index in [1.54, 1.807) is 42.5 Å². The number of hydrogen-bond donors (Lipinski definition) is 5. The van der Waals surface area contributed by atoms with Gasteiger partial charge < -0.3 is 21.9 Å². The van der Waals surface area contributed by atoms with Gasteiger partial charge in [-0.05, 0) is 48.7 Å². The fourth-order valence-electron chi connectivity index (χ4n) is 3.35. The van der Waals surface area contributed by atoms with Crippen molar-refractivity contribution in [3.05, 3.63) is 64.1 Å². The molecule has 0 aliphatic carbocycles. The van der Waals surface area contributed by atoms with Crippen LogP contribution >= 0.6 is 23.2 Å². The van der Waals surface area contributed by atoms with Crippen LogP contribution in [0.2, 0.25) is 10.0 Å². The molecule has 3 amide bonds. The lowest BCUT2D eigenvalue weighted by Gasteiger charge is -2.39. The number of carbonyl (C=O) groups excluding carboxylic acids is 2. The highest BCUT2D eigenvalue weighted by Crippen LogP contribution is 2.25. The van der Waals surface area contributed by atoms with Crippen LogP contribution in [0.4, 0.5) is 10.5 Å². The fraction of sp³-hybridized carbons (Fsp3) is 0.273. The first-order valence-corrected chi connectivity index (χ1v) is 11.0. The van der Waals surface area contributed by atoms with Crippen LogP contribution in [0, 0.1) is 0 Å². The number of nitrogens with zero attached hydrogens (tertiary/aromatic N) is 2. The maximum Gasteiger partial charge on any atom is 0.345 e. The Hall–Kier alpha value is -3.34. The van der Waals surface area contributed by atoms with Crippen molar-refractivity contribution in [2.75, 3.05) is 11.9 Å². The Bertz CT molecular complexity index is 1040. The second-order valence-electron chi connectivity index (χ2n) is 7.36. The molecule has 2 aromatic rings. The van der Waals surface area contributed by atoms with Gasteiger partial charge in [-0.2, -0.15) is 0 Å². The average molecular weight is 509 g/mol. The van der Waals surface area contributed by atoms with Gasteiger partial charge in [0.1, 0.15) is 0 Å². The Balaban J connectivity index is 2.44. The van der Waals surface area contributed by atoms with Gasteiger partial charge in [0, 0.05) is 35.7 Å². The molecule has 12 heteroatoms. The maximum absolute atomic E-state index is 13.1. The SMILES string of the molecule is CC(=O)N(C(=O)Nc1ccccc1)[C@](CCCN=C(N)N)(NCc1cc(Cl)cc(Cl)c1)C(=O)O. The number of imide groups is 1. The van der Waals surface area contributed by atoms with E-state index in [9.17, 15) is 19.5 Å². The summed E-state index contributed by atoms with van der Waals surface area (Å²) in [5, 5.41) is 16.4. The van der Waals surface area contributed by atoms with E-state index >= 15 is 0 Å². The summed E-state index contributed by atoms with van der Waals surface area (Å²) in [6.07, 6.45) is -0.0366. The van der Waals surface area contributed by atoms with Gasteiger partial charge in [-0.3, -0.25) is 15.1 Å². The number of carboxylic acids is 1. The standard InChI is InChI=1S/C22H26Cl2N6O4/c1-14(31)30(21(34)29-18-6-3-2-4-7-18)22(19(32)33,8-5-9-27-20(25)26)28-13-15-10-16(23)12-17(24)11-15/h2-4,6-7,10-12,28H,5,8-9,13H2,1H3,(H,29,34)(H,32,33)(H4,25,26,27)/t22-/m0/s1. The van der Waals surface area contributed by atoms with Crippen LogP contribution in [0.5, 0.6) is 0 Å². The number of rotatable bonds is 10. The number of nitrogens with two attached hydrogens (primary N) is 2. The molecule has 0 heterocycles. The van der Waals surface area contributed by atoms with E-state index in [0.29, 0.717) is 26.2 Å². The molecule has 10 nitrogen and oxygen atoms in total. The Morgan fingerprint density at radius 2 is 1.71 bits per heavy atom. The lowest BCUT2D eigenvalue weighted by Crippen LogP contribution is -2.67. The number of para-hydroxylation sites is 1. The summed E-state index contributed by atoms with van der Waals surface area (Å²) in [6, 6.07) is 12.1. The van der Waals surface area contributed by atoms with Crippen LogP contribution in [0.1, 0.15) is 25.3 Å². The second kappa shape index (κ2) is 12.2. The van der Waals surface area contributed by atoms with Crippen molar-refractivity contribution >= 4 is 52.8 Å². The van der Waals surface area contributed by atoms with Gasteiger partial charge in [-0.15, -0.1) is 0 Å². The van der Waals surface area contributed by atoms with Crippen molar-refractivity contribution in [2.45, 2.75) is 32.0 Å². The summed E-state index contributed by atoms with van der Waals surface area (Å²) in [5.74, 6) is -2.38. The Morgan fingerprint density at radius 1 is 1.09 bits per heavy atom. The van der Waals surface area contributed by atoms with Crippen LogP contribution in [-0.2, 0) is 16.1 Å². The number of nitrogens with one attached hydrogen (secondary N) is 2. The number of benzene rings is 2. The molecule has 1 atom stereocenters. The molecule has 0 saturated heterocycles. The highest BCUT2D eigenvalue weighted by molar-refractivity contribution is 6.34. The van der Waals surface area contributed by atoms with E-state index in [4.69, 9.17) is 34.7 Å². The molecule has 182 valence electrons. The molecular formula is C22H26Cl2N6O4. The van der Waals surface area contributed by atoms with E-state index in [0.717, 1.165) is 6.92 Å². The summed E-state index contributed by atoms with van der Waals surface area (Å²) in [5.41, 5.74) is 9.52. The highest BCUT2D eigenvalue weighted by atomic mass is 35.5. The van der Waals surface area contributed by atoms with Crippen molar-refractivity contribution in [2.24, 2.45) is 16.5 Å². The molecule has 0 aliphatic rings. The number of hydrogen-bond acceptors (Lipinski definition) is 5. The molecule has 0 spiro atoms. The first-order chi connectivity index (χ1) is 16.0. The number of guanidine groups is 1. The molecule has 0 aliphatic heterocycles. The minimum atomic E-state index is -2.13. The van der Waals surface area contributed by atoms with E-state index in [1.165, 1.54) is 6.07 Å². The Kier molecular flexibility index (Phi) is 9.67. The van der Waals surface area contributed by atoms with Gasteiger partial charge in [0.15, 0.2) is 5.96 Å². The summed E-state index contributed by atoms with van der Waals surface area (Å²) in [4.78, 5) is 42.9. The van der Waals surface area contributed by atoms with Crippen LogP contribution in [0.25, 0.3) is 0 Å². The predicted octanol–water partition coefficient (Wildman–Crippen LogP) is 3.00. The lowest BCUT2D eigenvalue weighted by atomic mass is 10.00. The minimum Gasteiger partial charge on any atom is -0.478 e. The van der Waals surface area contributed by atoms with Crippen molar-refractivity contribution in [3.8, 4) is 0 Å². The van der Waals surface area contributed by atoms with Crippen molar-refractivity contribution in [3.63, 3.8) is 0 Å². The maximum atomic E-state index is 13.1. The number of carboxylic acid groups (broad SMARTS) is 1. The number of anilines is 1. The molecule has 0 unspecified atom stereocenters. The molecular weight excluding hydrogens is 483 g/mol. The average Bonchev–Trinajstić information content (AvgIpc) is 2.74. The third-order valence-corrected chi connectivity index (χ3v) is 5.21. The van der Waals surface area contributed by atoms with E-state index < -0.39 is 23.6 Å². The molecule has 0 aromatic heterocycles. The normalized spacial score (nSPS) is 12.3. The molecule has 2 aromatic carbocycles. The van der Waals surface area contributed by atoms with Gasteiger partial charge in [-0.1, -0.05) is 41.4 Å². The zero-order chi connectivity index (χ0) is 25.3. The van der Waals surface area contributed by atoms with Crippen LogP contribution in [0.15, 0.2) is 53.5 Å². The van der Waals surface area contributed by atoms with Crippen molar-refractivity contribution in [1.29, 1.82) is 0 Å². The quantitative estimate of drug-likeness (QED) is 0.142. The zero-order valence-corrected chi connectivity index (χ0v) is 19.9. The second-order valence-corrected chi connectivity index (χ2v) is 8.23. The topological polar surface area (TPSA) is 163 Å². The van der Waals surface area contributed by atoms with Gasteiger partial charge in [-0.25, -0.2) is 14.5 Å². The fourth-order valence-corrected chi connectivity index (χ4v) is 3.92. The Labute approximate surface area is 206 Å². The first kappa shape index (κ1) is 26.9. The highest BCUT2D eigenvalue weighted by Gasteiger charge is 2.48. The van der Waals surface area contributed by atoms with E-state index in [-0.39, 0.29) is 31.9 Å². The summed E-state index contributed by atoms with van der Waals surface area (Å²) < 4.78 is 0. The monoisotopic (exact) mass is 508 g/mol. The lowest BCUT2D eigenvalue weighted by molar-refractivity contribution is -0.158. The van der Waals surface area contributed by atoms with Gasteiger partial charge in [0.2, 0.25) is 11.6 Å². The smallest absolute Gasteiger partial charge is 0.345 e. The predicted molar refractivity (Wildman–Crippen MR) is 132 cm³/mol. The summed E-state index contributed by atoms with van der Waals surface area (Å²) >= 11 is 12.1. The van der Waals surface area contributed by atoms with Gasteiger partial charge in [0.25, 0.3) is 0 Å². The zero-order valence-electron chi connectivity index (χ0n) is 18.4. The molecule has 0 saturated carbocycles. The number of aliphatic carboxylic acids is 1. The molecule has 0 radical (unpaired) electrons. The molecule has 2 rings (SSSR count). The first-order valence-electron chi connectivity index (χ1n) is 10.2. The van der Waals surface area contributed by atoms with Crippen LogP contribution < -0.4 is 22.1 Å². The molecule has 0 bridgehead atoms. The number of carbonyl (C=O) groups is 3.